The summed E-state index contributed by atoms with van der Waals surface area (Å²) < 4.78 is 10.2. The molecule has 2 aromatic rings. The summed E-state index contributed by atoms with van der Waals surface area (Å²) in [6, 6.07) is 15.8. The van der Waals surface area contributed by atoms with E-state index in [0.717, 1.165) is 11.1 Å². The van der Waals surface area contributed by atoms with Crippen LogP contribution in [0.2, 0.25) is 0 Å². The molecule has 5 amide bonds. The number of benzene rings is 2. The quantitative estimate of drug-likeness (QED) is 0.310. The number of ether oxygens (including phenoxy) is 2. The van der Waals surface area contributed by atoms with Gasteiger partial charge in [-0.3, -0.25) is 9.59 Å². The van der Waals surface area contributed by atoms with Gasteiger partial charge in [0.15, 0.2) is 0 Å². The van der Waals surface area contributed by atoms with Crippen LogP contribution in [0, 0.1) is 0 Å². The molecule has 0 radical (unpaired) electrons. The summed E-state index contributed by atoms with van der Waals surface area (Å²) in [7, 11) is 3.28. The molecule has 1 unspecified atom stereocenters. The minimum atomic E-state index is -0.807. The number of fused-ring (bicyclic) bond motifs is 1. The number of methoxy groups -OCH3 is 1. The van der Waals surface area contributed by atoms with E-state index >= 15 is 0 Å². The zero-order chi connectivity index (χ0) is 30.1. The molecule has 0 aromatic heterocycles. The zero-order valence-electron chi connectivity index (χ0n) is 24.0. The molecule has 0 aliphatic carbocycles. The molecule has 2 aliphatic rings. The van der Waals surface area contributed by atoms with Crippen molar-refractivity contribution in [2.24, 2.45) is 0 Å². The van der Waals surface area contributed by atoms with Crippen molar-refractivity contribution in [2.45, 2.75) is 38.1 Å². The first kappa shape index (κ1) is 30.4. The number of hydrogen-bond acceptors (Lipinski definition) is 7. The van der Waals surface area contributed by atoms with E-state index in [1.807, 2.05) is 54.6 Å². The van der Waals surface area contributed by atoms with Crippen molar-refractivity contribution in [2.75, 3.05) is 40.4 Å². The summed E-state index contributed by atoms with van der Waals surface area (Å²) in [5.41, 5.74) is 1.83. The first-order valence-corrected chi connectivity index (χ1v) is 13.9. The lowest BCUT2D eigenvalue weighted by atomic mass is 10.0. The molecule has 0 saturated carbocycles. The largest absolute Gasteiger partial charge is 0.497 e. The van der Waals surface area contributed by atoms with Crippen LogP contribution in [-0.2, 0) is 27.4 Å². The highest BCUT2D eigenvalue weighted by Crippen LogP contribution is 2.29. The van der Waals surface area contributed by atoms with Crippen LogP contribution in [-0.4, -0.2) is 96.4 Å². The summed E-state index contributed by atoms with van der Waals surface area (Å²) in [5.74, 6) is 0.252. The second-order valence-corrected chi connectivity index (χ2v) is 10.1. The smallest absolute Gasteiger partial charge is 0.407 e. The van der Waals surface area contributed by atoms with Crippen molar-refractivity contribution >= 4 is 23.9 Å². The highest BCUT2D eigenvalue weighted by atomic mass is 16.5. The molecule has 2 atom stereocenters. The van der Waals surface area contributed by atoms with E-state index in [-0.39, 0.29) is 44.1 Å². The molecule has 2 heterocycles. The first-order valence-electron chi connectivity index (χ1n) is 13.9. The lowest BCUT2D eigenvalue weighted by molar-refractivity contribution is -0.188. The number of carbonyl (C=O) groups excluding carboxylic acids is 4. The Morgan fingerprint density at radius 3 is 2.48 bits per heavy atom. The minimum absolute atomic E-state index is 0.0519. The van der Waals surface area contributed by atoms with Crippen molar-refractivity contribution in [3.8, 4) is 5.75 Å². The van der Waals surface area contributed by atoms with Crippen molar-refractivity contribution in [1.29, 1.82) is 0 Å². The average Bonchev–Trinajstić information content (AvgIpc) is 2.99. The molecule has 0 bridgehead atoms. The van der Waals surface area contributed by atoms with E-state index in [2.05, 4.69) is 17.2 Å². The van der Waals surface area contributed by atoms with Crippen LogP contribution < -0.4 is 15.4 Å². The number of nitrogens with zero attached hydrogens (tertiary/aromatic N) is 4. The predicted molar refractivity (Wildman–Crippen MR) is 155 cm³/mol. The second kappa shape index (κ2) is 14.4. The lowest BCUT2D eigenvalue weighted by Crippen LogP contribution is -2.75. The lowest BCUT2D eigenvalue weighted by Gasteiger charge is -2.54. The predicted octanol–water partition coefficient (Wildman–Crippen LogP) is 2.33. The van der Waals surface area contributed by atoms with E-state index in [9.17, 15) is 19.2 Å². The van der Waals surface area contributed by atoms with Gasteiger partial charge < -0.3 is 29.9 Å². The molecule has 224 valence electrons. The Morgan fingerprint density at radius 2 is 1.79 bits per heavy atom. The maximum absolute atomic E-state index is 13.8. The number of amides is 5. The third-order valence-electron chi connectivity index (χ3n) is 7.22. The molecule has 2 aliphatic heterocycles. The molecule has 2 saturated heterocycles. The van der Waals surface area contributed by atoms with Gasteiger partial charge in [-0.15, -0.1) is 0 Å². The van der Waals surface area contributed by atoms with Crippen molar-refractivity contribution in [3.05, 3.63) is 78.4 Å². The molecule has 2 fully saturated rings. The third kappa shape index (κ3) is 7.38. The molecule has 0 spiro atoms. The molecule has 4 rings (SSSR count). The van der Waals surface area contributed by atoms with E-state index in [1.54, 1.807) is 24.1 Å². The first-order chi connectivity index (χ1) is 20.3. The van der Waals surface area contributed by atoms with Crippen molar-refractivity contribution in [1.82, 2.24) is 30.5 Å². The summed E-state index contributed by atoms with van der Waals surface area (Å²) in [5, 5.41) is 8.72. The highest BCUT2D eigenvalue weighted by Gasteiger charge is 2.50. The SMILES string of the molecule is C=CCOC(=O)NCCC[C@@H]1C(=O)N(Cc2ccc(OC)cc2)CC2N1C(=O)CN(C)N2C(=O)NCc1ccccc1. The number of hydrogen-bond donors (Lipinski definition) is 2. The Kier molecular flexibility index (Phi) is 10.4. The monoisotopic (exact) mass is 578 g/mol. The van der Waals surface area contributed by atoms with E-state index in [4.69, 9.17) is 9.47 Å². The normalized spacial score (nSPS) is 18.8. The van der Waals surface area contributed by atoms with Crippen LogP contribution in [0.5, 0.6) is 5.75 Å². The number of likely N-dealkylation sites (N-methyl/N-ethyl adjacent to an activating group) is 1. The van der Waals surface area contributed by atoms with Gasteiger partial charge >= 0.3 is 12.1 Å². The van der Waals surface area contributed by atoms with Gasteiger partial charge in [0.2, 0.25) is 11.8 Å². The number of carbonyl (C=O) groups is 4. The van der Waals surface area contributed by atoms with Gasteiger partial charge in [-0.1, -0.05) is 55.1 Å². The Labute approximate surface area is 245 Å². The zero-order valence-corrected chi connectivity index (χ0v) is 24.0. The van der Waals surface area contributed by atoms with Crippen LogP contribution in [0.15, 0.2) is 67.3 Å². The van der Waals surface area contributed by atoms with Crippen LogP contribution in [0.3, 0.4) is 0 Å². The Hall–Kier alpha value is -4.58. The molecule has 2 aromatic carbocycles. The number of piperazine rings is 1. The molecule has 42 heavy (non-hydrogen) atoms. The van der Waals surface area contributed by atoms with Gasteiger partial charge in [-0.05, 0) is 36.1 Å². The van der Waals surface area contributed by atoms with Crippen molar-refractivity contribution in [3.63, 3.8) is 0 Å². The number of hydrazine groups is 1. The van der Waals surface area contributed by atoms with Crippen LogP contribution in [0.4, 0.5) is 9.59 Å². The van der Waals surface area contributed by atoms with Gasteiger partial charge in [0, 0.05) is 26.7 Å². The molecule has 12 heteroatoms. The van der Waals surface area contributed by atoms with Gasteiger partial charge in [0.25, 0.3) is 0 Å². The van der Waals surface area contributed by atoms with Crippen molar-refractivity contribution < 1.29 is 28.7 Å². The Bertz CT molecular complexity index is 1260. The van der Waals surface area contributed by atoms with Crippen LogP contribution >= 0.6 is 0 Å². The highest BCUT2D eigenvalue weighted by molar-refractivity contribution is 5.91. The fourth-order valence-electron chi connectivity index (χ4n) is 5.20. The Morgan fingerprint density at radius 1 is 1.05 bits per heavy atom. The average molecular weight is 579 g/mol. The number of nitrogens with one attached hydrogen (secondary N) is 2. The van der Waals surface area contributed by atoms with Crippen LogP contribution in [0.25, 0.3) is 0 Å². The Balaban J connectivity index is 1.54. The van der Waals surface area contributed by atoms with E-state index in [1.165, 1.54) is 16.0 Å². The maximum atomic E-state index is 13.8. The topological polar surface area (TPSA) is 124 Å². The summed E-state index contributed by atoms with van der Waals surface area (Å²) in [6.45, 7) is 4.56. The summed E-state index contributed by atoms with van der Waals surface area (Å²) in [6.07, 6.45) is 0.894. The van der Waals surface area contributed by atoms with Gasteiger partial charge in [0.1, 0.15) is 24.6 Å². The van der Waals surface area contributed by atoms with Gasteiger partial charge in [-0.25, -0.2) is 19.6 Å². The van der Waals surface area contributed by atoms with E-state index < -0.39 is 18.3 Å². The van der Waals surface area contributed by atoms with Gasteiger partial charge in [0.05, 0.1) is 20.2 Å². The summed E-state index contributed by atoms with van der Waals surface area (Å²) in [4.78, 5) is 55.8. The van der Waals surface area contributed by atoms with Crippen LogP contribution in [0.1, 0.15) is 24.0 Å². The third-order valence-corrected chi connectivity index (χ3v) is 7.22. The molecular formula is C30H38N6O6. The van der Waals surface area contributed by atoms with E-state index in [0.29, 0.717) is 31.7 Å². The van der Waals surface area contributed by atoms with Gasteiger partial charge in [-0.2, -0.15) is 0 Å². The molecule has 2 N–H and O–H groups in total. The fraction of sp³-hybridized carbons (Fsp3) is 0.400. The second-order valence-electron chi connectivity index (χ2n) is 10.1. The standard InChI is InChI=1S/C30H38N6O6/c1-4-17-42-30(40)31-16-8-11-25-28(38)34(19-23-12-14-24(41-3)15-13-23)20-26-35(25)27(37)21-33(2)36(26)29(39)32-18-22-9-6-5-7-10-22/h4-7,9-10,12-15,25-26H,1,8,11,16-21H2,2-3H3,(H,31,40)(H,32,39)/t25-,26?/m1/s1. The summed E-state index contributed by atoms with van der Waals surface area (Å²) >= 11 is 0. The molecule has 12 nitrogen and oxygen atoms in total. The number of urea groups is 1. The minimum Gasteiger partial charge on any atom is -0.497 e. The molecular weight excluding hydrogens is 540 g/mol. The fourth-order valence-corrected chi connectivity index (χ4v) is 5.20. The number of alkyl carbamates (subject to hydrolysis) is 1. The maximum Gasteiger partial charge on any atom is 0.407 e. The number of rotatable bonds is 11.